The van der Waals surface area contributed by atoms with Crippen molar-refractivity contribution < 1.29 is 44.4 Å². The lowest BCUT2D eigenvalue weighted by atomic mass is 10.8. The largest absolute Gasteiger partial charge is 1.00 e. The summed E-state index contributed by atoms with van der Waals surface area (Å²) in [6, 6.07) is 0. The molecule has 0 radical (unpaired) electrons. The van der Waals surface area contributed by atoms with Crippen LogP contribution in [-0.2, 0) is 9.59 Å². The van der Waals surface area contributed by atoms with Crippen LogP contribution in [0.4, 0.5) is 0 Å². The average Bonchev–Trinajstić information content (AvgIpc) is 2.33. The predicted octanol–water partition coefficient (Wildman–Crippen LogP) is -10.8. The van der Waals surface area contributed by atoms with Gasteiger partial charge >= 0.3 is 22.1 Å². The summed E-state index contributed by atoms with van der Waals surface area (Å²) in [6.45, 7) is 3.95. The number of amidine groups is 2. The van der Waals surface area contributed by atoms with Crippen molar-refractivity contribution in [1.82, 2.24) is 0 Å². The lowest BCUT2D eigenvalue weighted by Crippen LogP contribution is -3.00. The third kappa shape index (κ3) is 27.8. The van der Waals surface area contributed by atoms with E-state index in [-0.39, 0.29) is 36.6 Å². The lowest BCUT2D eigenvalue weighted by molar-refractivity contribution is -0.374. The summed E-state index contributed by atoms with van der Waals surface area (Å²) in [6.07, 6.45) is 0. The van der Waals surface area contributed by atoms with Crippen LogP contribution >= 0.6 is 23.5 Å². The Labute approximate surface area is 151 Å². The Morgan fingerprint density at radius 1 is 0.818 bits per heavy atom. The SMILES string of the molecule is CC(=O)[NH+]=C(N)SCCN.CC(=O)[NH+]=C(N)SCCN.[Cl-].[Cl-]. The molecule has 10 N–H and O–H groups in total. The van der Waals surface area contributed by atoms with Gasteiger partial charge in [0, 0.05) is 38.4 Å². The molecule has 0 saturated carbocycles. The minimum atomic E-state index is -0.151. The monoisotopic (exact) mass is 394 g/mol. The van der Waals surface area contributed by atoms with Crippen molar-refractivity contribution in [3.05, 3.63) is 0 Å². The molecule has 0 unspecified atom stereocenters. The van der Waals surface area contributed by atoms with Gasteiger partial charge in [-0.05, 0) is 23.5 Å². The van der Waals surface area contributed by atoms with E-state index in [4.69, 9.17) is 22.9 Å². The molecule has 0 atom stereocenters. The molecule has 8 nitrogen and oxygen atoms in total. The van der Waals surface area contributed by atoms with Gasteiger partial charge in [0.05, 0.1) is 0 Å². The highest BCUT2D eigenvalue weighted by molar-refractivity contribution is 8.13. The molecule has 0 bridgehead atoms. The van der Waals surface area contributed by atoms with Gasteiger partial charge in [-0.3, -0.25) is 11.5 Å². The van der Waals surface area contributed by atoms with Gasteiger partial charge in [0.15, 0.2) is 0 Å². The molecule has 0 aliphatic heterocycles. The van der Waals surface area contributed by atoms with Crippen molar-refractivity contribution in [2.45, 2.75) is 13.8 Å². The highest BCUT2D eigenvalue weighted by Gasteiger charge is 2.00. The Kier molecular flexibility index (Phi) is 27.4. The number of amides is 2. The van der Waals surface area contributed by atoms with Crippen LogP contribution in [0.2, 0.25) is 0 Å². The fraction of sp³-hybridized carbons (Fsp3) is 0.600. The normalized spacial score (nSPS) is 10.5. The highest BCUT2D eigenvalue weighted by atomic mass is 35.5. The number of nitrogens with one attached hydrogen (secondary N) is 2. The first kappa shape index (κ1) is 29.5. The van der Waals surface area contributed by atoms with Crippen molar-refractivity contribution in [1.29, 1.82) is 0 Å². The Hall–Kier alpha value is -0.520. The van der Waals surface area contributed by atoms with E-state index in [1.807, 2.05) is 0 Å². The van der Waals surface area contributed by atoms with E-state index in [2.05, 4.69) is 9.98 Å². The molecule has 2 amide bonds. The molecular weight excluding hydrogens is 371 g/mol. The van der Waals surface area contributed by atoms with E-state index in [9.17, 15) is 9.59 Å². The number of nitrogens with two attached hydrogens (primary N) is 4. The smallest absolute Gasteiger partial charge is 0.309 e. The molecule has 0 fully saturated rings. The summed E-state index contributed by atoms with van der Waals surface area (Å²) in [5.74, 6) is 1.15. The Morgan fingerprint density at radius 2 is 1.09 bits per heavy atom. The predicted molar refractivity (Wildman–Crippen MR) is 84.7 cm³/mol. The first-order chi connectivity index (χ1) is 9.33. The van der Waals surface area contributed by atoms with Crippen molar-refractivity contribution in [3.8, 4) is 0 Å². The van der Waals surface area contributed by atoms with Gasteiger partial charge in [-0.1, -0.05) is 0 Å². The molecule has 0 aromatic carbocycles. The first-order valence-electron chi connectivity index (χ1n) is 5.79. The van der Waals surface area contributed by atoms with Crippen LogP contribution in [0.3, 0.4) is 0 Å². The molecule has 0 aliphatic carbocycles. The number of halogens is 2. The molecular formula is C10H24Cl2N6O2S2. The molecule has 132 valence electrons. The van der Waals surface area contributed by atoms with Gasteiger partial charge < -0.3 is 36.3 Å². The molecule has 0 heterocycles. The number of rotatable bonds is 4. The summed E-state index contributed by atoms with van der Waals surface area (Å²) >= 11 is 2.68. The zero-order chi connectivity index (χ0) is 16.0. The standard InChI is InChI=1S/2C5H11N3OS.2ClH/c2*1-4(9)8-5(7)10-3-2-6;;/h2*2-3,6H2,1H3,(H2,7,8,9);2*1H. The first-order valence-corrected chi connectivity index (χ1v) is 7.76. The maximum Gasteiger partial charge on any atom is 0.309 e. The number of hydrogen-bond donors (Lipinski definition) is 6. The fourth-order valence-electron chi connectivity index (χ4n) is 0.757. The Morgan fingerprint density at radius 3 is 1.27 bits per heavy atom. The summed E-state index contributed by atoms with van der Waals surface area (Å²) in [5.41, 5.74) is 21.1. The summed E-state index contributed by atoms with van der Waals surface area (Å²) in [4.78, 5) is 25.6. The van der Waals surface area contributed by atoms with Gasteiger partial charge in [-0.2, -0.15) is 0 Å². The minimum absolute atomic E-state index is 0. The maximum absolute atomic E-state index is 10.4. The third-order valence-corrected chi connectivity index (χ3v) is 3.06. The van der Waals surface area contributed by atoms with Crippen LogP contribution in [0.15, 0.2) is 0 Å². The zero-order valence-corrected chi connectivity index (χ0v) is 15.7. The highest BCUT2D eigenvalue weighted by Crippen LogP contribution is 1.91. The van der Waals surface area contributed by atoms with Crippen LogP contribution in [0.1, 0.15) is 13.8 Å². The number of carbonyl (C=O) groups is 2. The fourth-order valence-corrected chi connectivity index (χ4v) is 1.86. The van der Waals surface area contributed by atoms with Gasteiger partial charge in [0.1, 0.15) is 0 Å². The molecule has 0 saturated heterocycles. The molecule has 0 aromatic heterocycles. The van der Waals surface area contributed by atoms with E-state index < -0.39 is 0 Å². The van der Waals surface area contributed by atoms with E-state index >= 15 is 0 Å². The third-order valence-electron chi connectivity index (χ3n) is 1.35. The van der Waals surface area contributed by atoms with Gasteiger partial charge in [-0.15, -0.1) is 0 Å². The van der Waals surface area contributed by atoms with Gasteiger partial charge in [0.2, 0.25) is 0 Å². The van der Waals surface area contributed by atoms with Crippen molar-refractivity contribution in [2.75, 3.05) is 24.6 Å². The second kappa shape index (κ2) is 20.5. The van der Waals surface area contributed by atoms with Crippen LogP contribution in [0, 0.1) is 0 Å². The summed E-state index contributed by atoms with van der Waals surface area (Å²) < 4.78 is 0. The molecule has 0 aromatic rings. The minimum Gasteiger partial charge on any atom is -1.00 e. The Bertz CT molecular complexity index is 335. The van der Waals surface area contributed by atoms with E-state index in [0.717, 1.165) is 11.5 Å². The molecule has 0 rings (SSSR count). The molecule has 22 heavy (non-hydrogen) atoms. The van der Waals surface area contributed by atoms with Crippen LogP contribution in [-0.4, -0.2) is 46.7 Å². The number of hydrogen-bond acceptors (Lipinski definition) is 6. The van der Waals surface area contributed by atoms with Gasteiger partial charge in [-0.25, -0.2) is 19.6 Å². The molecule has 0 spiro atoms. The second-order valence-electron chi connectivity index (χ2n) is 3.37. The number of thioether (sulfide) groups is 2. The van der Waals surface area contributed by atoms with Crippen LogP contribution in [0.5, 0.6) is 0 Å². The molecule has 0 aliphatic rings. The van der Waals surface area contributed by atoms with E-state index in [1.165, 1.54) is 37.4 Å². The lowest BCUT2D eigenvalue weighted by Gasteiger charge is -1.89. The van der Waals surface area contributed by atoms with Crippen LogP contribution < -0.4 is 57.7 Å². The summed E-state index contributed by atoms with van der Waals surface area (Å²) in [5, 5.41) is 0.830. The van der Waals surface area contributed by atoms with Crippen molar-refractivity contribution in [3.63, 3.8) is 0 Å². The Balaban J connectivity index is -0.000000135. The van der Waals surface area contributed by atoms with Crippen molar-refractivity contribution >= 4 is 45.7 Å². The quantitative estimate of drug-likeness (QED) is 0.202. The van der Waals surface area contributed by atoms with E-state index in [0.29, 0.717) is 23.4 Å². The summed E-state index contributed by atoms with van der Waals surface area (Å²) in [7, 11) is 0. The van der Waals surface area contributed by atoms with E-state index in [1.54, 1.807) is 0 Å². The zero-order valence-electron chi connectivity index (χ0n) is 12.5. The van der Waals surface area contributed by atoms with Crippen LogP contribution in [0.25, 0.3) is 0 Å². The van der Waals surface area contributed by atoms with Crippen molar-refractivity contribution in [2.24, 2.45) is 22.9 Å². The topological polar surface area (TPSA) is 166 Å². The number of carbonyl (C=O) groups excluding carboxylic acids is 2. The maximum atomic E-state index is 10.4. The van der Waals surface area contributed by atoms with Gasteiger partial charge in [0.25, 0.3) is 0 Å². The average molecular weight is 395 g/mol. The molecule has 12 heteroatoms. The second-order valence-corrected chi connectivity index (χ2v) is 5.64.